The van der Waals surface area contributed by atoms with E-state index in [9.17, 15) is 4.79 Å². The van der Waals surface area contributed by atoms with E-state index in [0.717, 1.165) is 4.90 Å². The van der Waals surface area contributed by atoms with Crippen LogP contribution in [0.5, 0.6) is 0 Å². The smallest absolute Gasteiger partial charge is 0.300 e. The summed E-state index contributed by atoms with van der Waals surface area (Å²) in [6, 6.07) is 1.82. The Morgan fingerprint density at radius 3 is 3.15 bits per heavy atom. The number of anilines is 1. The molecule has 1 amide bonds. The van der Waals surface area contributed by atoms with Crippen LogP contribution in [-0.4, -0.2) is 17.1 Å². The van der Waals surface area contributed by atoms with Gasteiger partial charge in [-0.2, -0.15) is 0 Å². The maximum absolute atomic E-state index is 10.9. The van der Waals surface area contributed by atoms with Gasteiger partial charge in [0.05, 0.1) is 11.9 Å². The van der Waals surface area contributed by atoms with E-state index in [0.29, 0.717) is 5.69 Å². The minimum atomic E-state index is -0.455. The zero-order valence-corrected chi connectivity index (χ0v) is 7.89. The molecule has 0 aliphatic heterocycles. The van der Waals surface area contributed by atoms with Crippen LogP contribution >= 0.6 is 11.8 Å². The predicted octanol–water partition coefficient (Wildman–Crippen LogP) is 1.38. The fourth-order valence-corrected chi connectivity index (χ4v) is 1.33. The van der Waals surface area contributed by atoms with Crippen molar-refractivity contribution < 1.29 is 4.79 Å². The van der Waals surface area contributed by atoms with Crippen molar-refractivity contribution in [1.82, 2.24) is 4.98 Å². The Labute approximate surface area is 80.9 Å². The van der Waals surface area contributed by atoms with Gasteiger partial charge in [-0.3, -0.25) is 9.78 Å². The zero-order chi connectivity index (χ0) is 9.68. The number of nitrogens with zero attached hydrogens (tertiary/aromatic N) is 1. The van der Waals surface area contributed by atoms with E-state index in [-0.39, 0.29) is 0 Å². The highest BCUT2D eigenvalue weighted by molar-refractivity contribution is 7.98. The monoisotopic (exact) mass is 192 g/mol. The summed E-state index contributed by atoms with van der Waals surface area (Å²) in [5.41, 5.74) is 0.651. The Morgan fingerprint density at radius 2 is 2.54 bits per heavy atom. The summed E-state index contributed by atoms with van der Waals surface area (Å²) < 4.78 is 0. The predicted molar refractivity (Wildman–Crippen MR) is 53.5 cm³/mol. The first-order valence-electron chi connectivity index (χ1n) is 3.53. The summed E-state index contributed by atoms with van der Waals surface area (Å²) in [5, 5.41) is 2.55. The largest absolute Gasteiger partial charge is 0.313 e. The van der Waals surface area contributed by atoms with Crippen LogP contribution in [0.3, 0.4) is 0 Å². The molecule has 1 heterocycles. The first-order chi connectivity index (χ1) is 6.27. The number of pyridine rings is 1. The second-order valence-electron chi connectivity index (χ2n) is 2.17. The Morgan fingerprint density at radius 1 is 1.77 bits per heavy atom. The third-order valence-corrected chi connectivity index (χ3v) is 2.18. The minimum absolute atomic E-state index is 0.455. The van der Waals surface area contributed by atoms with Crippen LogP contribution in [0.2, 0.25) is 0 Å². The van der Waals surface area contributed by atoms with E-state index in [1.165, 1.54) is 11.8 Å². The number of aromatic nitrogens is 1. The molecular formula is C9H8N2OS. The van der Waals surface area contributed by atoms with E-state index >= 15 is 0 Å². The number of hydrogen-bond acceptors (Lipinski definition) is 3. The highest BCUT2D eigenvalue weighted by Gasteiger charge is 2.02. The molecule has 0 unspecified atom stereocenters. The Kier molecular flexibility index (Phi) is 3.35. The molecule has 66 valence electrons. The van der Waals surface area contributed by atoms with Gasteiger partial charge < -0.3 is 5.32 Å². The highest BCUT2D eigenvalue weighted by Crippen LogP contribution is 2.23. The number of thioether (sulfide) groups is 1. The van der Waals surface area contributed by atoms with Crippen LogP contribution in [0.25, 0.3) is 0 Å². The third-order valence-electron chi connectivity index (χ3n) is 1.38. The molecular weight excluding hydrogens is 184 g/mol. The summed E-state index contributed by atoms with van der Waals surface area (Å²) in [5.74, 6) is 1.52. The van der Waals surface area contributed by atoms with Crippen LogP contribution in [0.1, 0.15) is 0 Å². The summed E-state index contributed by atoms with van der Waals surface area (Å²) in [7, 11) is 0. The molecule has 1 aromatic heterocycles. The van der Waals surface area contributed by atoms with Gasteiger partial charge in [0.15, 0.2) is 0 Å². The second-order valence-corrected chi connectivity index (χ2v) is 3.02. The van der Waals surface area contributed by atoms with Crippen molar-refractivity contribution >= 4 is 23.4 Å². The standard InChI is InChI=1S/C9H8N2OS/c1-3-9(12)11-7-6-10-5-4-8(7)13-2/h1,4-6H,2H3,(H,11,12). The van der Waals surface area contributed by atoms with Crippen LogP contribution in [0.15, 0.2) is 23.4 Å². The quantitative estimate of drug-likeness (QED) is 0.568. The lowest BCUT2D eigenvalue weighted by Crippen LogP contribution is -2.08. The molecule has 1 aromatic rings. The van der Waals surface area contributed by atoms with Crippen molar-refractivity contribution in [3.63, 3.8) is 0 Å². The van der Waals surface area contributed by atoms with Gasteiger partial charge >= 0.3 is 0 Å². The van der Waals surface area contributed by atoms with Gasteiger partial charge in [0.1, 0.15) is 0 Å². The number of nitrogens with one attached hydrogen (secondary N) is 1. The second kappa shape index (κ2) is 4.53. The van der Waals surface area contributed by atoms with Gasteiger partial charge in [-0.1, -0.05) is 0 Å². The van der Waals surface area contributed by atoms with Gasteiger partial charge in [0, 0.05) is 11.1 Å². The number of terminal acetylenes is 1. The molecule has 0 aromatic carbocycles. The first kappa shape index (κ1) is 9.62. The van der Waals surface area contributed by atoms with Gasteiger partial charge in [0.2, 0.25) is 0 Å². The fraction of sp³-hybridized carbons (Fsp3) is 0.111. The lowest BCUT2D eigenvalue weighted by atomic mass is 10.4. The van der Waals surface area contributed by atoms with Crippen LogP contribution in [-0.2, 0) is 4.79 Å². The maximum atomic E-state index is 10.9. The van der Waals surface area contributed by atoms with Gasteiger partial charge in [-0.25, -0.2) is 0 Å². The molecule has 0 aliphatic rings. The molecule has 4 heteroatoms. The van der Waals surface area contributed by atoms with E-state index in [1.54, 1.807) is 12.4 Å². The number of carbonyl (C=O) groups is 1. The molecule has 1 rings (SSSR count). The molecule has 1 N–H and O–H groups in total. The zero-order valence-electron chi connectivity index (χ0n) is 7.07. The van der Waals surface area contributed by atoms with E-state index in [4.69, 9.17) is 6.42 Å². The van der Waals surface area contributed by atoms with Crippen molar-refractivity contribution in [2.24, 2.45) is 0 Å². The summed E-state index contributed by atoms with van der Waals surface area (Å²) in [6.45, 7) is 0. The lowest BCUT2D eigenvalue weighted by molar-refractivity contribution is -0.111. The molecule has 0 radical (unpaired) electrons. The van der Waals surface area contributed by atoms with Crippen LogP contribution in [0.4, 0.5) is 5.69 Å². The molecule has 0 bridgehead atoms. The minimum Gasteiger partial charge on any atom is -0.313 e. The summed E-state index contributed by atoms with van der Waals surface area (Å²) in [4.78, 5) is 15.7. The average molecular weight is 192 g/mol. The average Bonchev–Trinajstić information content (AvgIpc) is 2.18. The molecule has 0 saturated carbocycles. The SMILES string of the molecule is C#CC(=O)Nc1cnccc1SC. The van der Waals surface area contributed by atoms with Crippen LogP contribution < -0.4 is 5.32 Å². The Bertz CT molecular complexity index is 357. The maximum Gasteiger partial charge on any atom is 0.300 e. The third kappa shape index (κ3) is 2.49. The molecule has 3 nitrogen and oxygen atoms in total. The number of carbonyl (C=O) groups excluding carboxylic acids is 1. The molecule has 13 heavy (non-hydrogen) atoms. The van der Waals surface area contributed by atoms with Crippen molar-refractivity contribution in [1.29, 1.82) is 0 Å². The highest BCUT2D eigenvalue weighted by atomic mass is 32.2. The van der Waals surface area contributed by atoms with Gasteiger partial charge in [0.25, 0.3) is 5.91 Å². The lowest BCUT2D eigenvalue weighted by Gasteiger charge is -2.04. The molecule has 0 atom stereocenters. The first-order valence-corrected chi connectivity index (χ1v) is 4.76. The Hall–Kier alpha value is -1.47. The fourth-order valence-electron chi connectivity index (χ4n) is 0.812. The van der Waals surface area contributed by atoms with Crippen molar-refractivity contribution in [2.75, 3.05) is 11.6 Å². The summed E-state index contributed by atoms with van der Waals surface area (Å²) in [6.07, 6.45) is 10.1. The number of hydrogen-bond donors (Lipinski definition) is 1. The van der Waals surface area contributed by atoms with Crippen molar-refractivity contribution in [3.05, 3.63) is 18.5 Å². The van der Waals surface area contributed by atoms with Gasteiger partial charge in [-0.05, 0) is 18.2 Å². The van der Waals surface area contributed by atoms with Gasteiger partial charge in [-0.15, -0.1) is 18.2 Å². The van der Waals surface area contributed by atoms with Crippen molar-refractivity contribution in [3.8, 4) is 12.3 Å². The molecule has 0 aliphatic carbocycles. The number of amides is 1. The summed E-state index contributed by atoms with van der Waals surface area (Å²) >= 11 is 1.52. The molecule has 0 spiro atoms. The normalized spacial score (nSPS) is 8.92. The van der Waals surface area contributed by atoms with Crippen LogP contribution in [0, 0.1) is 12.3 Å². The molecule has 0 saturated heterocycles. The molecule has 0 fully saturated rings. The van der Waals surface area contributed by atoms with E-state index < -0.39 is 5.91 Å². The van der Waals surface area contributed by atoms with Crippen molar-refractivity contribution in [2.45, 2.75) is 4.90 Å². The topological polar surface area (TPSA) is 42.0 Å². The van der Waals surface area contributed by atoms with E-state index in [2.05, 4.69) is 10.3 Å². The van der Waals surface area contributed by atoms with E-state index in [1.807, 2.05) is 18.2 Å². The number of rotatable bonds is 2. The Balaban J connectivity index is 2.88.